The smallest absolute Gasteiger partial charge is 0.0591 e. The van der Waals surface area contributed by atoms with Crippen molar-refractivity contribution in [2.75, 3.05) is 32.8 Å². The summed E-state index contributed by atoms with van der Waals surface area (Å²) in [6.07, 6.45) is 8.16. The molecule has 2 rings (SSSR count). The van der Waals surface area contributed by atoms with Crippen LogP contribution in [0.15, 0.2) is 0 Å². The Balaban J connectivity index is 1.40. The third-order valence-corrected chi connectivity index (χ3v) is 4.21. The zero-order chi connectivity index (χ0) is 11.9. The second kappa shape index (κ2) is 7.34. The molecule has 0 radical (unpaired) electrons. The molecule has 0 saturated heterocycles. The van der Waals surface area contributed by atoms with Gasteiger partial charge in [0.25, 0.3) is 0 Å². The van der Waals surface area contributed by atoms with Crippen molar-refractivity contribution >= 4 is 0 Å². The summed E-state index contributed by atoms with van der Waals surface area (Å²) < 4.78 is 5.60. The molecule has 0 heterocycles. The largest absolute Gasteiger partial charge is 0.380 e. The number of rotatable bonds is 8. The summed E-state index contributed by atoms with van der Waals surface area (Å²) in [5.74, 6) is 2.57. The summed E-state index contributed by atoms with van der Waals surface area (Å²) >= 11 is 0. The summed E-state index contributed by atoms with van der Waals surface area (Å²) in [4.78, 5) is 0. The van der Waals surface area contributed by atoms with Crippen LogP contribution in [0.25, 0.3) is 0 Å². The predicted octanol–water partition coefficient (Wildman–Crippen LogP) is 1.77. The molecule has 2 fully saturated rings. The molecule has 0 amide bonds. The SMILES string of the molecule is NCC1CCC(CNCCOCC2CC2)CC1. The lowest BCUT2D eigenvalue weighted by molar-refractivity contribution is 0.124. The third kappa shape index (κ3) is 5.36. The minimum atomic E-state index is 0.799. The van der Waals surface area contributed by atoms with E-state index < -0.39 is 0 Å². The molecular weight excluding hydrogens is 212 g/mol. The zero-order valence-corrected chi connectivity index (χ0v) is 11.0. The Morgan fingerprint density at radius 2 is 1.59 bits per heavy atom. The van der Waals surface area contributed by atoms with E-state index in [9.17, 15) is 0 Å². The van der Waals surface area contributed by atoms with E-state index >= 15 is 0 Å². The molecule has 3 N–H and O–H groups in total. The summed E-state index contributed by atoms with van der Waals surface area (Å²) in [5.41, 5.74) is 5.70. The molecule has 2 aliphatic carbocycles. The number of hydrogen-bond donors (Lipinski definition) is 2. The molecule has 2 saturated carbocycles. The third-order valence-electron chi connectivity index (χ3n) is 4.21. The number of nitrogens with two attached hydrogens (primary N) is 1. The fraction of sp³-hybridized carbons (Fsp3) is 1.00. The van der Waals surface area contributed by atoms with Crippen LogP contribution >= 0.6 is 0 Å². The van der Waals surface area contributed by atoms with Crippen molar-refractivity contribution in [1.82, 2.24) is 5.32 Å². The first kappa shape index (κ1) is 13.3. The van der Waals surface area contributed by atoms with Crippen molar-refractivity contribution in [2.45, 2.75) is 38.5 Å². The fourth-order valence-electron chi connectivity index (χ4n) is 2.66. The Bertz CT molecular complexity index is 198. The maximum Gasteiger partial charge on any atom is 0.0591 e. The highest BCUT2D eigenvalue weighted by Crippen LogP contribution is 2.28. The first-order valence-electron chi connectivity index (χ1n) is 7.37. The van der Waals surface area contributed by atoms with Gasteiger partial charge in [0, 0.05) is 13.2 Å². The summed E-state index contributed by atoms with van der Waals surface area (Å²) in [7, 11) is 0. The Hall–Kier alpha value is -0.120. The molecule has 0 spiro atoms. The monoisotopic (exact) mass is 240 g/mol. The molecule has 0 atom stereocenters. The average Bonchev–Trinajstić information content (AvgIpc) is 3.18. The van der Waals surface area contributed by atoms with Crippen LogP contribution < -0.4 is 11.1 Å². The maximum atomic E-state index is 5.70. The van der Waals surface area contributed by atoms with Crippen LogP contribution in [0.1, 0.15) is 38.5 Å². The van der Waals surface area contributed by atoms with Crippen LogP contribution in [0.2, 0.25) is 0 Å². The Labute approximate surface area is 105 Å². The lowest BCUT2D eigenvalue weighted by Crippen LogP contribution is -2.30. The molecule has 0 aromatic heterocycles. The Morgan fingerprint density at radius 1 is 0.941 bits per heavy atom. The van der Waals surface area contributed by atoms with Crippen molar-refractivity contribution in [3.63, 3.8) is 0 Å². The van der Waals surface area contributed by atoms with E-state index in [1.165, 1.54) is 45.1 Å². The van der Waals surface area contributed by atoms with Gasteiger partial charge >= 0.3 is 0 Å². The highest BCUT2D eigenvalue weighted by Gasteiger charge is 2.21. The first-order valence-corrected chi connectivity index (χ1v) is 7.37. The molecule has 0 bridgehead atoms. The van der Waals surface area contributed by atoms with Gasteiger partial charge in [-0.05, 0) is 69.4 Å². The van der Waals surface area contributed by atoms with Gasteiger partial charge in [-0.25, -0.2) is 0 Å². The van der Waals surface area contributed by atoms with E-state index in [0.29, 0.717) is 0 Å². The van der Waals surface area contributed by atoms with E-state index in [4.69, 9.17) is 10.5 Å². The van der Waals surface area contributed by atoms with Gasteiger partial charge in [-0.3, -0.25) is 0 Å². The molecule has 0 unspecified atom stereocenters. The van der Waals surface area contributed by atoms with Crippen molar-refractivity contribution in [1.29, 1.82) is 0 Å². The van der Waals surface area contributed by atoms with E-state index in [0.717, 1.165) is 44.1 Å². The van der Waals surface area contributed by atoms with Crippen LogP contribution in [0.5, 0.6) is 0 Å². The quantitative estimate of drug-likeness (QED) is 0.636. The Morgan fingerprint density at radius 3 is 2.24 bits per heavy atom. The molecule has 2 aliphatic rings. The van der Waals surface area contributed by atoms with Crippen LogP contribution in [-0.2, 0) is 4.74 Å². The lowest BCUT2D eigenvalue weighted by Gasteiger charge is -2.27. The van der Waals surface area contributed by atoms with E-state index in [-0.39, 0.29) is 0 Å². The predicted molar refractivity (Wildman–Crippen MR) is 70.9 cm³/mol. The zero-order valence-electron chi connectivity index (χ0n) is 11.0. The number of ether oxygens (including phenoxy) is 1. The van der Waals surface area contributed by atoms with Crippen molar-refractivity contribution < 1.29 is 4.74 Å². The van der Waals surface area contributed by atoms with Gasteiger partial charge in [-0.15, -0.1) is 0 Å². The second-order valence-corrected chi connectivity index (χ2v) is 5.84. The van der Waals surface area contributed by atoms with Gasteiger partial charge in [0.05, 0.1) is 6.61 Å². The molecular formula is C14H28N2O. The number of nitrogens with one attached hydrogen (secondary N) is 1. The first-order chi connectivity index (χ1) is 8.38. The molecule has 0 aromatic rings. The molecule has 0 aromatic carbocycles. The van der Waals surface area contributed by atoms with E-state index in [1.54, 1.807) is 0 Å². The molecule has 17 heavy (non-hydrogen) atoms. The van der Waals surface area contributed by atoms with E-state index in [2.05, 4.69) is 5.32 Å². The van der Waals surface area contributed by atoms with Crippen molar-refractivity contribution in [3.8, 4) is 0 Å². The van der Waals surface area contributed by atoms with Crippen LogP contribution in [-0.4, -0.2) is 32.8 Å². The molecule has 3 nitrogen and oxygen atoms in total. The highest BCUT2D eigenvalue weighted by atomic mass is 16.5. The van der Waals surface area contributed by atoms with Crippen LogP contribution in [0, 0.1) is 17.8 Å². The van der Waals surface area contributed by atoms with Gasteiger partial charge in [-0.1, -0.05) is 0 Å². The molecule has 100 valence electrons. The topological polar surface area (TPSA) is 47.3 Å². The second-order valence-electron chi connectivity index (χ2n) is 5.84. The summed E-state index contributed by atoms with van der Waals surface area (Å²) in [6.45, 7) is 4.95. The van der Waals surface area contributed by atoms with Gasteiger partial charge in [-0.2, -0.15) is 0 Å². The normalized spacial score (nSPS) is 29.5. The van der Waals surface area contributed by atoms with Crippen LogP contribution in [0.4, 0.5) is 0 Å². The highest BCUT2D eigenvalue weighted by molar-refractivity contribution is 4.74. The summed E-state index contributed by atoms with van der Waals surface area (Å²) in [5, 5.41) is 3.53. The van der Waals surface area contributed by atoms with Gasteiger partial charge in [0.2, 0.25) is 0 Å². The standard InChI is InChI=1S/C14H28N2O/c15-9-12-1-3-13(4-2-12)10-16-7-8-17-11-14-5-6-14/h12-14,16H,1-11,15H2. The average molecular weight is 240 g/mol. The van der Waals surface area contributed by atoms with Crippen molar-refractivity contribution in [2.24, 2.45) is 23.5 Å². The van der Waals surface area contributed by atoms with Gasteiger partial charge < -0.3 is 15.8 Å². The van der Waals surface area contributed by atoms with Crippen LogP contribution in [0.3, 0.4) is 0 Å². The minimum Gasteiger partial charge on any atom is -0.380 e. The van der Waals surface area contributed by atoms with Gasteiger partial charge in [0.1, 0.15) is 0 Å². The maximum absolute atomic E-state index is 5.70. The van der Waals surface area contributed by atoms with Crippen molar-refractivity contribution in [3.05, 3.63) is 0 Å². The van der Waals surface area contributed by atoms with Gasteiger partial charge in [0.15, 0.2) is 0 Å². The van der Waals surface area contributed by atoms with E-state index in [1.807, 2.05) is 0 Å². The minimum absolute atomic E-state index is 0.799. The Kier molecular flexibility index (Phi) is 5.75. The lowest BCUT2D eigenvalue weighted by atomic mass is 9.82. The summed E-state index contributed by atoms with van der Waals surface area (Å²) in [6, 6.07) is 0. The number of hydrogen-bond acceptors (Lipinski definition) is 3. The fourth-order valence-corrected chi connectivity index (χ4v) is 2.66. The molecule has 0 aliphatic heterocycles. The molecule has 3 heteroatoms.